The number of rotatable bonds is 2. The van der Waals surface area contributed by atoms with Crippen LogP contribution in [0.4, 0.5) is 5.82 Å². The molecule has 1 aliphatic heterocycles. The number of carbonyl (C=O) groups is 1. The second-order valence-corrected chi connectivity index (χ2v) is 7.44. The van der Waals surface area contributed by atoms with Gasteiger partial charge in [0.1, 0.15) is 17.5 Å². The van der Waals surface area contributed by atoms with Crippen LogP contribution in [0.3, 0.4) is 0 Å². The standard InChI is InChI=1S/C19H17BrN4O/c1-19(2)9-12-5-3-4-6-14(12)17(24-19)15(10-21)18(25)23-16-8-7-13(20)11-22-16/h3-8,11,24H,9H2,1-2H3,(H,22,23,25). The van der Waals surface area contributed by atoms with Gasteiger partial charge < -0.3 is 10.6 Å². The zero-order chi connectivity index (χ0) is 18.0. The first kappa shape index (κ1) is 17.2. The third-order valence-corrected chi connectivity index (χ3v) is 4.41. The number of anilines is 1. The molecule has 5 nitrogen and oxygen atoms in total. The molecule has 2 heterocycles. The lowest BCUT2D eigenvalue weighted by Crippen LogP contribution is -2.44. The molecular weight excluding hydrogens is 380 g/mol. The van der Waals surface area contributed by atoms with Crippen LogP contribution >= 0.6 is 15.9 Å². The second kappa shape index (κ2) is 6.69. The van der Waals surface area contributed by atoms with Gasteiger partial charge in [0.15, 0.2) is 0 Å². The largest absolute Gasteiger partial charge is 0.378 e. The summed E-state index contributed by atoms with van der Waals surface area (Å²) in [6, 6.07) is 13.3. The predicted octanol–water partition coefficient (Wildman–Crippen LogP) is 3.64. The molecule has 0 bridgehead atoms. The number of pyridine rings is 1. The number of nitriles is 1. The predicted molar refractivity (Wildman–Crippen MR) is 100 cm³/mol. The van der Waals surface area contributed by atoms with Crippen LogP contribution in [0.2, 0.25) is 0 Å². The number of fused-ring (bicyclic) bond motifs is 1. The first-order valence-corrected chi connectivity index (χ1v) is 8.63. The molecule has 0 spiro atoms. The highest BCUT2D eigenvalue weighted by molar-refractivity contribution is 9.10. The van der Waals surface area contributed by atoms with E-state index in [1.165, 1.54) is 0 Å². The highest BCUT2D eigenvalue weighted by Crippen LogP contribution is 2.31. The first-order valence-electron chi connectivity index (χ1n) is 7.83. The molecule has 1 aromatic heterocycles. The maximum atomic E-state index is 12.7. The zero-order valence-electron chi connectivity index (χ0n) is 13.9. The van der Waals surface area contributed by atoms with Gasteiger partial charge in [-0.1, -0.05) is 24.3 Å². The molecule has 6 heteroatoms. The van der Waals surface area contributed by atoms with Crippen LogP contribution in [0.1, 0.15) is 25.0 Å². The lowest BCUT2D eigenvalue weighted by atomic mass is 9.84. The van der Waals surface area contributed by atoms with Gasteiger partial charge in [0, 0.05) is 21.8 Å². The fraction of sp³-hybridized carbons (Fsp3) is 0.211. The van der Waals surface area contributed by atoms with Crippen molar-refractivity contribution in [3.8, 4) is 6.07 Å². The van der Waals surface area contributed by atoms with Crippen LogP contribution in [0, 0.1) is 11.3 Å². The molecule has 0 saturated heterocycles. The van der Waals surface area contributed by atoms with Crippen molar-refractivity contribution in [3.63, 3.8) is 0 Å². The summed E-state index contributed by atoms with van der Waals surface area (Å²) >= 11 is 3.30. The molecule has 2 N–H and O–H groups in total. The average Bonchev–Trinajstić information content (AvgIpc) is 2.56. The Balaban J connectivity index is 2.02. The lowest BCUT2D eigenvalue weighted by Gasteiger charge is -2.36. The van der Waals surface area contributed by atoms with Gasteiger partial charge in [-0.25, -0.2) is 4.98 Å². The van der Waals surface area contributed by atoms with E-state index in [9.17, 15) is 10.1 Å². The quantitative estimate of drug-likeness (QED) is 0.599. The van der Waals surface area contributed by atoms with Crippen LogP contribution in [0.25, 0.3) is 5.70 Å². The third kappa shape index (κ3) is 3.72. The Morgan fingerprint density at radius 2 is 2.08 bits per heavy atom. The van der Waals surface area contributed by atoms with Crippen LogP contribution in [0.5, 0.6) is 0 Å². The Bertz CT molecular complexity index is 894. The van der Waals surface area contributed by atoms with E-state index in [1.807, 2.05) is 44.2 Å². The van der Waals surface area contributed by atoms with Gasteiger partial charge in [0.05, 0.1) is 5.70 Å². The van der Waals surface area contributed by atoms with Gasteiger partial charge in [0.25, 0.3) is 5.91 Å². The molecule has 0 fully saturated rings. The summed E-state index contributed by atoms with van der Waals surface area (Å²) in [4.78, 5) is 16.8. The molecule has 25 heavy (non-hydrogen) atoms. The fourth-order valence-electron chi connectivity index (χ4n) is 2.89. The minimum absolute atomic E-state index is 0.0462. The minimum atomic E-state index is -0.479. The summed E-state index contributed by atoms with van der Waals surface area (Å²) in [7, 11) is 0. The molecule has 0 aliphatic carbocycles. The van der Waals surface area contributed by atoms with Crippen molar-refractivity contribution in [3.05, 3.63) is 63.8 Å². The van der Waals surface area contributed by atoms with E-state index in [0.29, 0.717) is 11.5 Å². The van der Waals surface area contributed by atoms with Crippen LogP contribution in [-0.2, 0) is 11.2 Å². The van der Waals surface area contributed by atoms with E-state index in [1.54, 1.807) is 18.3 Å². The number of halogens is 1. The SMILES string of the molecule is CC1(C)Cc2ccccc2C(=C(C#N)C(=O)Nc2ccc(Br)cn2)N1. The molecule has 1 aromatic carbocycles. The smallest absolute Gasteiger partial charge is 0.269 e. The molecule has 0 saturated carbocycles. The van der Waals surface area contributed by atoms with E-state index >= 15 is 0 Å². The summed E-state index contributed by atoms with van der Waals surface area (Å²) in [6.07, 6.45) is 2.41. The van der Waals surface area contributed by atoms with Crippen molar-refractivity contribution in [2.24, 2.45) is 0 Å². The Labute approximate surface area is 154 Å². The summed E-state index contributed by atoms with van der Waals surface area (Å²) in [5, 5.41) is 15.7. The highest BCUT2D eigenvalue weighted by Gasteiger charge is 2.31. The van der Waals surface area contributed by atoms with Gasteiger partial charge in [-0.2, -0.15) is 5.26 Å². The van der Waals surface area contributed by atoms with Crippen molar-refractivity contribution >= 4 is 33.4 Å². The Hall–Kier alpha value is -2.65. The maximum absolute atomic E-state index is 12.7. The number of benzene rings is 1. The third-order valence-electron chi connectivity index (χ3n) is 3.94. The van der Waals surface area contributed by atoms with Crippen molar-refractivity contribution in [1.29, 1.82) is 5.26 Å². The second-order valence-electron chi connectivity index (χ2n) is 6.52. The van der Waals surface area contributed by atoms with E-state index < -0.39 is 5.91 Å². The van der Waals surface area contributed by atoms with Crippen molar-refractivity contribution in [1.82, 2.24) is 10.3 Å². The molecule has 0 atom stereocenters. The molecular formula is C19H17BrN4O. The molecule has 3 rings (SSSR count). The van der Waals surface area contributed by atoms with Crippen LogP contribution in [-0.4, -0.2) is 16.4 Å². The number of nitrogens with zero attached hydrogens (tertiary/aromatic N) is 2. The van der Waals surface area contributed by atoms with Gasteiger partial charge in [-0.05, 0) is 53.9 Å². The van der Waals surface area contributed by atoms with Crippen molar-refractivity contribution in [2.45, 2.75) is 25.8 Å². The molecule has 0 radical (unpaired) electrons. The number of nitrogens with one attached hydrogen (secondary N) is 2. The number of carbonyl (C=O) groups excluding carboxylic acids is 1. The number of hydrogen-bond acceptors (Lipinski definition) is 4. The Kier molecular flexibility index (Phi) is 4.60. The van der Waals surface area contributed by atoms with E-state index in [4.69, 9.17) is 0 Å². The fourth-order valence-corrected chi connectivity index (χ4v) is 3.12. The maximum Gasteiger partial charge on any atom is 0.269 e. The molecule has 0 unspecified atom stereocenters. The van der Waals surface area contributed by atoms with Gasteiger partial charge in [-0.3, -0.25) is 4.79 Å². The summed E-state index contributed by atoms with van der Waals surface area (Å²) in [6.45, 7) is 4.10. The average molecular weight is 397 g/mol. The summed E-state index contributed by atoms with van der Waals surface area (Å²) in [5.41, 5.74) is 2.36. The van der Waals surface area contributed by atoms with Crippen LogP contribution < -0.4 is 10.6 Å². The molecule has 1 amide bonds. The number of amides is 1. The van der Waals surface area contributed by atoms with Gasteiger partial charge in [-0.15, -0.1) is 0 Å². The molecule has 2 aromatic rings. The monoisotopic (exact) mass is 396 g/mol. The Morgan fingerprint density at radius 3 is 2.76 bits per heavy atom. The van der Waals surface area contributed by atoms with Crippen molar-refractivity contribution in [2.75, 3.05) is 5.32 Å². The highest BCUT2D eigenvalue weighted by atomic mass is 79.9. The summed E-state index contributed by atoms with van der Waals surface area (Å²) in [5.74, 6) is -0.0859. The normalized spacial score (nSPS) is 16.9. The van der Waals surface area contributed by atoms with E-state index in [2.05, 4.69) is 31.5 Å². The van der Waals surface area contributed by atoms with E-state index in [0.717, 1.165) is 22.0 Å². The molecule has 126 valence electrons. The number of hydrogen-bond donors (Lipinski definition) is 2. The van der Waals surface area contributed by atoms with Gasteiger partial charge in [0.2, 0.25) is 0 Å². The lowest BCUT2D eigenvalue weighted by molar-refractivity contribution is -0.112. The molecule has 1 aliphatic rings. The first-order chi connectivity index (χ1) is 11.9. The number of aromatic nitrogens is 1. The minimum Gasteiger partial charge on any atom is -0.378 e. The Morgan fingerprint density at radius 1 is 1.32 bits per heavy atom. The summed E-state index contributed by atoms with van der Waals surface area (Å²) < 4.78 is 0.814. The zero-order valence-corrected chi connectivity index (χ0v) is 15.5. The van der Waals surface area contributed by atoms with Gasteiger partial charge >= 0.3 is 0 Å². The topological polar surface area (TPSA) is 77.8 Å². The van der Waals surface area contributed by atoms with E-state index in [-0.39, 0.29) is 11.1 Å². The van der Waals surface area contributed by atoms with Crippen LogP contribution in [0.15, 0.2) is 52.6 Å². The van der Waals surface area contributed by atoms with Crippen molar-refractivity contribution < 1.29 is 4.79 Å².